The molecule has 0 amide bonds. The first-order valence-corrected chi connectivity index (χ1v) is 6.09. The molecule has 2 heterocycles. The van der Waals surface area contributed by atoms with Crippen LogP contribution in [0.2, 0.25) is 0 Å². The molecule has 1 heteroatoms. The van der Waals surface area contributed by atoms with Crippen LogP contribution in [0.3, 0.4) is 0 Å². The molecule has 0 saturated carbocycles. The normalized spacial score (nSPS) is 39.2. The van der Waals surface area contributed by atoms with Crippen molar-refractivity contribution in [3.63, 3.8) is 0 Å². The lowest BCUT2D eigenvalue weighted by atomic mass is 9.88. The van der Waals surface area contributed by atoms with Gasteiger partial charge >= 0.3 is 0 Å². The maximum Gasteiger partial charge on any atom is 0.0864 e. The van der Waals surface area contributed by atoms with E-state index in [9.17, 15) is 0 Å². The summed E-state index contributed by atoms with van der Waals surface area (Å²) in [5.41, 5.74) is 0. The topological polar surface area (TPSA) is 0 Å². The molecule has 2 aliphatic rings. The predicted molar refractivity (Wildman–Crippen MR) is 56.6 cm³/mol. The third kappa shape index (κ3) is 1.76. The minimum absolute atomic E-state index is 0.948. The monoisotopic (exact) mass is 182 g/mol. The Balaban J connectivity index is 2.03. The molecular formula is C12H24N+. The van der Waals surface area contributed by atoms with Gasteiger partial charge in [-0.2, -0.15) is 0 Å². The third-order valence-electron chi connectivity index (χ3n) is 4.45. The Hall–Kier alpha value is -0.0400. The van der Waals surface area contributed by atoms with Crippen LogP contribution in [0.1, 0.15) is 46.0 Å². The zero-order valence-corrected chi connectivity index (χ0v) is 9.26. The van der Waals surface area contributed by atoms with E-state index >= 15 is 0 Å². The Labute approximate surface area is 82.7 Å². The Morgan fingerprint density at radius 3 is 2.23 bits per heavy atom. The van der Waals surface area contributed by atoms with E-state index in [0.717, 1.165) is 12.0 Å². The molecule has 13 heavy (non-hydrogen) atoms. The molecule has 1 nitrogen and oxygen atoms in total. The van der Waals surface area contributed by atoms with E-state index in [0.29, 0.717) is 0 Å². The van der Waals surface area contributed by atoms with Crippen LogP contribution >= 0.6 is 0 Å². The molecule has 2 atom stereocenters. The average Bonchev–Trinajstić information content (AvgIpc) is 2.14. The van der Waals surface area contributed by atoms with Gasteiger partial charge in [0.05, 0.1) is 25.7 Å². The molecule has 0 aromatic carbocycles. The van der Waals surface area contributed by atoms with Crippen LogP contribution in [-0.2, 0) is 0 Å². The van der Waals surface area contributed by atoms with E-state index in [4.69, 9.17) is 0 Å². The second-order valence-corrected chi connectivity index (χ2v) is 5.43. The second-order valence-electron chi connectivity index (χ2n) is 5.43. The van der Waals surface area contributed by atoms with Crippen molar-refractivity contribution in [2.75, 3.05) is 19.6 Å². The van der Waals surface area contributed by atoms with Gasteiger partial charge in [0.1, 0.15) is 0 Å². The number of rotatable bonds is 0. The van der Waals surface area contributed by atoms with Crippen LogP contribution in [0, 0.1) is 5.92 Å². The van der Waals surface area contributed by atoms with Gasteiger partial charge in [-0.25, -0.2) is 0 Å². The first-order valence-electron chi connectivity index (χ1n) is 6.09. The molecular weight excluding hydrogens is 158 g/mol. The van der Waals surface area contributed by atoms with Gasteiger partial charge in [0, 0.05) is 6.42 Å². The molecule has 0 N–H and O–H groups in total. The molecule has 2 rings (SSSR count). The van der Waals surface area contributed by atoms with Gasteiger partial charge < -0.3 is 4.48 Å². The molecule has 2 saturated heterocycles. The van der Waals surface area contributed by atoms with E-state index < -0.39 is 0 Å². The number of quaternary nitrogens is 1. The van der Waals surface area contributed by atoms with Gasteiger partial charge in [0.15, 0.2) is 0 Å². The summed E-state index contributed by atoms with van der Waals surface area (Å²) in [5.74, 6) is 0.987. The van der Waals surface area contributed by atoms with Crippen molar-refractivity contribution >= 4 is 0 Å². The first kappa shape index (κ1) is 9.51. The SMILES string of the molecule is CC1CC[N+]2(CCCCC2)C(C)C1. The Morgan fingerprint density at radius 2 is 1.62 bits per heavy atom. The number of hydrogen-bond donors (Lipinski definition) is 0. The summed E-state index contributed by atoms with van der Waals surface area (Å²) in [5, 5.41) is 0. The zero-order valence-electron chi connectivity index (χ0n) is 9.26. The summed E-state index contributed by atoms with van der Waals surface area (Å²) in [4.78, 5) is 0. The number of nitrogens with zero attached hydrogens (tertiary/aromatic N) is 1. The fourth-order valence-electron chi connectivity index (χ4n) is 3.43. The summed E-state index contributed by atoms with van der Waals surface area (Å²) >= 11 is 0. The molecule has 0 bridgehead atoms. The lowest BCUT2D eigenvalue weighted by Gasteiger charge is -2.50. The molecule has 0 aromatic rings. The van der Waals surface area contributed by atoms with Crippen molar-refractivity contribution in [3.8, 4) is 0 Å². The fraction of sp³-hybridized carbons (Fsp3) is 1.00. The third-order valence-corrected chi connectivity index (χ3v) is 4.45. The summed E-state index contributed by atoms with van der Waals surface area (Å²) in [6.07, 6.45) is 7.41. The summed E-state index contributed by atoms with van der Waals surface area (Å²) in [6.45, 7) is 9.35. The van der Waals surface area contributed by atoms with Crippen LogP contribution in [0.4, 0.5) is 0 Å². The molecule has 2 fully saturated rings. The highest BCUT2D eigenvalue weighted by Crippen LogP contribution is 2.32. The van der Waals surface area contributed by atoms with Gasteiger partial charge in [0.2, 0.25) is 0 Å². The van der Waals surface area contributed by atoms with Crippen LogP contribution in [0.5, 0.6) is 0 Å². The van der Waals surface area contributed by atoms with Crippen molar-refractivity contribution in [2.45, 2.75) is 52.0 Å². The number of piperidine rings is 2. The van der Waals surface area contributed by atoms with Crippen molar-refractivity contribution in [1.29, 1.82) is 0 Å². The Bertz CT molecular complexity index is 170. The van der Waals surface area contributed by atoms with Crippen LogP contribution in [-0.4, -0.2) is 30.2 Å². The van der Waals surface area contributed by atoms with Crippen molar-refractivity contribution in [3.05, 3.63) is 0 Å². The Kier molecular flexibility index (Phi) is 2.64. The fourth-order valence-corrected chi connectivity index (χ4v) is 3.43. The smallest absolute Gasteiger partial charge is 0.0864 e. The lowest BCUT2D eigenvalue weighted by Crippen LogP contribution is -2.60. The maximum absolute atomic E-state index is 2.49. The molecule has 0 radical (unpaired) electrons. The molecule has 0 aliphatic carbocycles. The number of hydrogen-bond acceptors (Lipinski definition) is 0. The van der Waals surface area contributed by atoms with E-state index in [-0.39, 0.29) is 0 Å². The largest absolute Gasteiger partial charge is 0.321 e. The summed E-state index contributed by atoms with van der Waals surface area (Å²) in [7, 11) is 0. The first-order chi connectivity index (χ1) is 6.23. The van der Waals surface area contributed by atoms with E-state index in [1.807, 2.05) is 0 Å². The van der Waals surface area contributed by atoms with Gasteiger partial charge in [-0.1, -0.05) is 6.92 Å². The lowest BCUT2D eigenvalue weighted by molar-refractivity contribution is -0.959. The quantitative estimate of drug-likeness (QED) is 0.505. The highest BCUT2D eigenvalue weighted by atomic mass is 15.4. The minimum atomic E-state index is 0.948. The van der Waals surface area contributed by atoms with Crippen molar-refractivity contribution < 1.29 is 4.48 Å². The van der Waals surface area contributed by atoms with Crippen molar-refractivity contribution in [2.24, 2.45) is 5.92 Å². The summed E-state index contributed by atoms with van der Waals surface area (Å²) in [6, 6.07) is 0.948. The second kappa shape index (κ2) is 3.61. The average molecular weight is 182 g/mol. The van der Waals surface area contributed by atoms with E-state index in [1.165, 1.54) is 56.2 Å². The minimum Gasteiger partial charge on any atom is -0.321 e. The van der Waals surface area contributed by atoms with Crippen LogP contribution < -0.4 is 0 Å². The maximum atomic E-state index is 2.49. The highest BCUT2D eigenvalue weighted by Gasteiger charge is 2.39. The van der Waals surface area contributed by atoms with Crippen LogP contribution in [0.15, 0.2) is 0 Å². The molecule has 76 valence electrons. The van der Waals surface area contributed by atoms with E-state index in [1.54, 1.807) is 0 Å². The predicted octanol–water partition coefficient (Wildman–Crippen LogP) is 2.81. The molecule has 0 aromatic heterocycles. The molecule has 1 spiro atoms. The van der Waals surface area contributed by atoms with Crippen LogP contribution in [0.25, 0.3) is 0 Å². The van der Waals surface area contributed by atoms with Crippen molar-refractivity contribution in [1.82, 2.24) is 0 Å². The molecule has 2 unspecified atom stereocenters. The summed E-state index contributed by atoms with van der Waals surface area (Å²) < 4.78 is 1.48. The Morgan fingerprint density at radius 1 is 0.923 bits per heavy atom. The van der Waals surface area contributed by atoms with Gasteiger partial charge in [-0.3, -0.25) is 0 Å². The van der Waals surface area contributed by atoms with Gasteiger partial charge in [-0.15, -0.1) is 0 Å². The molecule has 2 aliphatic heterocycles. The van der Waals surface area contributed by atoms with Gasteiger partial charge in [0.25, 0.3) is 0 Å². The van der Waals surface area contributed by atoms with E-state index in [2.05, 4.69) is 13.8 Å². The standard InChI is InChI=1S/C12H24N/c1-11-6-9-13(12(2)10-11)7-4-3-5-8-13/h11-12H,3-10H2,1-2H3/q+1. The van der Waals surface area contributed by atoms with Gasteiger partial charge in [-0.05, 0) is 38.5 Å². The zero-order chi connectivity index (χ0) is 9.31. The highest BCUT2D eigenvalue weighted by molar-refractivity contribution is 4.70.